The first-order valence-corrected chi connectivity index (χ1v) is 14.1. The minimum Gasteiger partial charge on any atom is -0.377 e. The van der Waals surface area contributed by atoms with Crippen molar-refractivity contribution >= 4 is 35.6 Å². The molecule has 0 unspecified atom stereocenters. The molecule has 42 heavy (non-hydrogen) atoms. The molecule has 0 spiro atoms. The van der Waals surface area contributed by atoms with Crippen LogP contribution in [0.15, 0.2) is 112 Å². The van der Waals surface area contributed by atoms with Crippen LogP contribution in [-0.2, 0) is 12.4 Å². The minimum atomic E-state index is -5.06. The number of nitrogens with one attached hydrogen (secondary N) is 2. The van der Waals surface area contributed by atoms with Gasteiger partial charge in [0, 0.05) is 17.6 Å². The van der Waals surface area contributed by atoms with E-state index in [1.54, 1.807) is 6.92 Å². The summed E-state index contributed by atoms with van der Waals surface area (Å²) in [5, 5.41) is 8.62. The summed E-state index contributed by atoms with van der Waals surface area (Å²) in [5.74, 6) is -0.223. The maximum atomic E-state index is 13.3. The van der Waals surface area contributed by atoms with Gasteiger partial charge in [-0.15, -0.1) is 0 Å². The molecule has 4 aromatic rings. The van der Waals surface area contributed by atoms with Crippen LogP contribution >= 0.6 is 7.92 Å². The van der Waals surface area contributed by atoms with E-state index >= 15 is 0 Å². The van der Waals surface area contributed by atoms with Gasteiger partial charge in [0.2, 0.25) is 0 Å². The van der Waals surface area contributed by atoms with Gasteiger partial charge in [-0.3, -0.25) is 9.59 Å². The van der Waals surface area contributed by atoms with Gasteiger partial charge in [-0.25, -0.2) is 0 Å². The van der Waals surface area contributed by atoms with Gasteiger partial charge in [0.25, 0.3) is 10.9 Å². The van der Waals surface area contributed by atoms with E-state index in [-0.39, 0.29) is 23.4 Å². The lowest BCUT2D eigenvalue weighted by Gasteiger charge is -2.30. The molecule has 0 saturated heterocycles. The van der Waals surface area contributed by atoms with Gasteiger partial charge in [-0.1, -0.05) is 78.9 Å². The second kappa shape index (κ2) is 11.2. The van der Waals surface area contributed by atoms with Crippen LogP contribution < -0.4 is 32.1 Å². The summed E-state index contributed by atoms with van der Waals surface area (Å²) in [6.07, 6.45) is -4.25. The van der Waals surface area contributed by atoms with E-state index in [4.69, 9.17) is 0 Å². The van der Waals surface area contributed by atoms with E-state index in [1.165, 1.54) is 0 Å². The highest BCUT2D eigenvalue weighted by molar-refractivity contribution is 7.76. The number of benzene rings is 3. The highest BCUT2D eigenvalue weighted by atomic mass is 31.1. The molecule has 0 bridgehead atoms. The van der Waals surface area contributed by atoms with Crippen molar-refractivity contribution in [2.45, 2.75) is 25.3 Å². The normalized spacial score (nSPS) is 16.1. The molecule has 4 aromatic carbocycles. The maximum absolute atomic E-state index is 13.3. The van der Waals surface area contributed by atoms with E-state index in [0.29, 0.717) is 12.1 Å². The summed E-state index contributed by atoms with van der Waals surface area (Å²) in [5.41, 5.74) is -6.22. The van der Waals surface area contributed by atoms with Gasteiger partial charge in [0.05, 0.1) is 11.1 Å². The Kier molecular flexibility index (Phi) is 7.86. The summed E-state index contributed by atoms with van der Waals surface area (Å²) in [4.78, 5) is 24.9. The molecule has 2 atom stereocenters. The van der Waals surface area contributed by atoms with Crippen LogP contribution in [0, 0.1) is 5.92 Å². The van der Waals surface area contributed by atoms with Crippen molar-refractivity contribution in [2.75, 3.05) is 10.6 Å². The van der Waals surface area contributed by atoms with E-state index in [2.05, 4.69) is 10.6 Å². The molecular weight excluding hydrogens is 577 g/mol. The Bertz CT molecular complexity index is 1650. The predicted molar refractivity (Wildman–Crippen MR) is 154 cm³/mol. The summed E-state index contributed by atoms with van der Waals surface area (Å²) in [6, 6.07) is 20.3. The Labute approximate surface area is 237 Å². The average molecular weight is 600 g/mol. The molecule has 216 valence electrons. The fraction of sp³-hybridized carbons (Fsp3) is 0.161. The van der Waals surface area contributed by atoms with Crippen LogP contribution in [0.4, 0.5) is 43.4 Å². The molecule has 0 fully saturated rings. The van der Waals surface area contributed by atoms with Crippen molar-refractivity contribution in [3.63, 3.8) is 0 Å². The van der Waals surface area contributed by atoms with E-state index in [1.807, 2.05) is 78.9 Å². The number of halogens is 6. The Morgan fingerprint density at radius 1 is 0.738 bits per heavy atom. The zero-order valence-corrected chi connectivity index (χ0v) is 22.8. The molecule has 1 aliphatic rings. The first kappa shape index (κ1) is 29.3. The Balaban J connectivity index is 1.43. The van der Waals surface area contributed by atoms with E-state index in [0.717, 1.165) is 15.9 Å². The number of hydrogen-bond acceptors (Lipinski definition) is 4. The van der Waals surface area contributed by atoms with Crippen molar-refractivity contribution in [3.8, 4) is 0 Å². The van der Waals surface area contributed by atoms with Crippen LogP contribution in [0.3, 0.4) is 0 Å². The Hall–Kier alpha value is -4.17. The number of anilines is 3. The molecule has 0 aromatic heterocycles. The standard InChI is InChI=1S/C31H23F6N2O2P/c1-18(24-13-8-14-25(24)42(22-9-4-2-5-10-22)23-11-6-3-7-12-23)38-26-27(29(41)28(26)40)39-21-16-19(30(32,33)34)15-20(17-21)31(35,36)37/h2-18,24,38-39H,1H3/t18-,24+/m1/s1. The molecule has 1 aliphatic carbocycles. The van der Waals surface area contributed by atoms with Crippen LogP contribution in [0.2, 0.25) is 0 Å². The summed E-state index contributed by atoms with van der Waals surface area (Å²) in [6.45, 7) is 1.80. The zero-order valence-electron chi connectivity index (χ0n) is 21.9. The Morgan fingerprint density at radius 2 is 1.24 bits per heavy atom. The van der Waals surface area contributed by atoms with Gasteiger partial charge in [-0.2, -0.15) is 26.3 Å². The van der Waals surface area contributed by atoms with Crippen molar-refractivity contribution in [2.24, 2.45) is 5.92 Å². The number of rotatable bonds is 8. The van der Waals surface area contributed by atoms with Crippen LogP contribution in [0.1, 0.15) is 18.1 Å². The SMILES string of the molecule is C[C@@H](Nc1c(Nc2cc(C(F)(F)F)cc(C(F)(F)F)c2)c(=O)c1=O)[C@@H]1C=CC=C1P(c1ccccc1)c1ccccc1. The first-order valence-electron chi connectivity index (χ1n) is 12.8. The Morgan fingerprint density at radius 3 is 1.74 bits per heavy atom. The topological polar surface area (TPSA) is 58.2 Å². The predicted octanol–water partition coefficient (Wildman–Crippen LogP) is 7.07. The van der Waals surface area contributed by atoms with Crippen molar-refractivity contribution in [1.29, 1.82) is 0 Å². The lowest BCUT2D eigenvalue weighted by Crippen LogP contribution is -2.40. The lowest BCUT2D eigenvalue weighted by atomic mass is 10.0. The molecule has 0 heterocycles. The monoisotopic (exact) mass is 600 g/mol. The number of allylic oxidation sites excluding steroid dienone is 2. The second-order valence-electron chi connectivity index (χ2n) is 9.77. The number of hydrogen-bond donors (Lipinski definition) is 2. The second-order valence-corrected chi connectivity index (χ2v) is 12.0. The highest BCUT2D eigenvalue weighted by Crippen LogP contribution is 2.50. The van der Waals surface area contributed by atoms with Crippen molar-refractivity contribution < 1.29 is 26.3 Å². The molecule has 0 aliphatic heterocycles. The molecular formula is C31H23F6N2O2P. The largest absolute Gasteiger partial charge is 0.416 e. The average Bonchev–Trinajstić information content (AvgIpc) is 3.44. The van der Waals surface area contributed by atoms with Crippen LogP contribution in [0.5, 0.6) is 0 Å². The zero-order chi connectivity index (χ0) is 30.2. The highest BCUT2D eigenvalue weighted by Gasteiger charge is 2.37. The molecule has 2 N–H and O–H groups in total. The molecule has 0 amide bonds. The third-order valence-corrected chi connectivity index (χ3v) is 9.48. The molecule has 5 rings (SSSR count). The summed E-state index contributed by atoms with van der Waals surface area (Å²) < 4.78 is 80.0. The van der Waals surface area contributed by atoms with Crippen LogP contribution in [0.25, 0.3) is 0 Å². The maximum Gasteiger partial charge on any atom is 0.416 e. The summed E-state index contributed by atoms with van der Waals surface area (Å²) >= 11 is 0. The molecule has 11 heteroatoms. The van der Waals surface area contributed by atoms with E-state index < -0.39 is 54.0 Å². The van der Waals surface area contributed by atoms with Crippen molar-refractivity contribution in [3.05, 3.63) is 134 Å². The smallest absolute Gasteiger partial charge is 0.377 e. The van der Waals surface area contributed by atoms with Gasteiger partial charge >= 0.3 is 12.4 Å². The molecule has 0 radical (unpaired) electrons. The van der Waals surface area contributed by atoms with Gasteiger partial charge in [0.15, 0.2) is 0 Å². The fourth-order valence-corrected chi connectivity index (χ4v) is 7.55. The minimum absolute atomic E-state index is 0.00740. The van der Waals surface area contributed by atoms with Crippen molar-refractivity contribution in [1.82, 2.24) is 0 Å². The van der Waals surface area contributed by atoms with Gasteiger partial charge < -0.3 is 10.6 Å². The summed E-state index contributed by atoms with van der Waals surface area (Å²) in [7, 11) is -0.973. The molecule has 0 saturated carbocycles. The van der Waals surface area contributed by atoms with Gasteiger partial charge in [-0.05, 0) is 49.0 Å². The first-order chi connectivity index (χ1) is 19.8. The lowest BCUT2D eigenvalue weighted by molar-refractivity contribution is -0.143. The third kappa shape index (κ3) is 5.90. The third-order valence-electron chi connectivity index (χ3n) is 6.89. The van der Waals surface area contributed by atoms with E-state index in [9.17, 15) is 35.9 Å². The van der Waals surface area contributed by atoms with Gasteiger partial charge in [0.1, 0.15) is 11.4 Å². The fourth-order valence-electron chi connectivity index (χ4n) is 4.87. The number of alkyl halides is 6. The quantitative estimate of drug-likeness (QED) is 0.129. The van der Waals surface area contributed by atoms with Crippen LogP contribution in [-0.4, -0.2) is 6.04 Å². The molecule has 4 nitrogen and oxygen atoms in total.